The SMILES string of the molecule is COc1cc2ccccc2cc1C(=O)NCCSCc1ccc(C)cc1. The van der Waals surface area contributed by atoms with Crippen molar-refractivity contribution in [2.75, 3.05) is 19.4 Å². The lowest BCUT2D eigenvalue weighted by molar-refractivity contribution is 0.0953. The molecule has 0 saturated carbocycles. The fourth-order valence-corrected chi connectivity index (χ4v) is 3.59. The zero-order valence-electron chi connectivity index (χ0n) is 15.1. The molecule has 3 rings (SSSR count). The van der Waals surface area contributed by atoms with Crippen LogP contribution in [-0.2, 0) is 5.75 Å². The molecule has 0 aromatic heterocycles. The molecule has 0 bridgehead atoms. The number of amides is 1. The fraction of sp³-hybridized carbons (Fsp3) is 0.227. The summed E-state index contributed by atoms with van der Waals surface area (Å²) in [4.78, 5) is 12.5. The van der Waals surface area contributed by atoms with Crippen LogP contribution in [-0.4, -0.2) is 25.3 Å². The molecule has 0 spiro atoms. The van der Waals surface area contributed by atoms with Crippen molar-refractivity contribution >= 4 is 28.4 Å². The van der Waals surface area contributed by atoms with E-state index in [9.17, 15) is 4.79 Å². The normalized spacial score (nSPS) is 10.7. The van der Waals surface area contributed by atoms with Gasteiger partial charge in [-0.3, -0.25) is 4.79 Å². The van der Waals surface area contributed by atoms with Gasteiger partial charge in [-0.25, -0.2) is 0 Å². The van der Waals surface area contributed by atoms with Crippen LogP contribution in [0.3, 0.4) is 0 Å². The van der Waals surface area contributed by atoms with Crippen molar-refractivity contribution < 1.29 is 9.53 Å². The molecule has 0 radical (unpaired) electrons. The Morgan fingerprint density at radius 1 is 1.04 bits per heavy atom. The molecule has 0 heterocycles. The lowest BCUT2D eigenvalue weighted by atomic mass is 10.1. The first-order valence-corrected chi connectivity index (χ1v) is 9.81. The lowest BCUT2D eigenvalue weighted by Crippen LogP contribution is -2.26. The van der Waals surface area contributed by atoms with Gasteiger partial charge in [0, 0.05) is 18.1 Å². The topological polar surface area (TPSA) is 38.3 Å². The molecule has 0 aliphatic carbocycles. The predicted molar refractivity (Wildman–Crippen MR) is 110 cm³/mol. The molecule has 3 nitrogen and oxygen atoms in total. The second kappa shape index (κ2) is 8.77. The minimum absolute atomic E-state index is 0.0939. The third-order valence-electron chi connectivity index (χ3n) is 4.23. The quantitative estimate of drug-likeness (QED) is 0.610. The smallest absolute Gasteiger partial charge is 0.255 e. The summed E-state index contributed by atoms with van der Waals surface area (Å²) >= 11 is 1.82. The Bertz CT molecular complexity index is 890. The zero-order valence-corrected chi connectivity index (χ0v) is 15.9. The zero-order chi connectivity index (χ0) is 18.4. The Labute approximate surface area is 158 Å². The van der Waals surface area contributed by atoms with Crippen LogP contribution in [0.5, 0.6) is 5.75 Å². The lowest BCUT2D eigenvalue weighted by Gasteiger charge is -2.11. The molecule has 26 heavy (non-hydrogen) atoms. The number of ether oxygens (including phenoxy) is 1. The van der Waals surface area contributed by atoms with E-state index in [-0.39, 0.29) is 5.91 Å². The van der Waals surface area contributed by atoms with E-state index < -0.39 is 0 Å². The van der Waals surface area contributed by atoms with E-state index in [0.29, 0.717) is 17.9 Å². The van der Waals surface area contributed by atoms with E-state index in [1.165, 1.54) is 11.1 Å². The number of benzene rings is 3. The van der Waals surface area contributed by atoms with E-state index in [1.807, 2.05) is 48.2 Å². The van der Waals surface area contributed by atoms with Crippen molar-refractivity contribution in [2.45, 2.75) is 12.7 Å². The van der Waals surface area contributed by atoms with Gasteiger partial charge in [0.25, 0.3) is 5.91 Å². The summed E-state index contributed by atoms with van der Waals surface area (Å²) < 4.78 is 5.40. The molecule has 1 N–H and O–H groups in total. The molecule has 0 aliphatic heterocycles. The first kappa shape index (κ1) is 18.3. The molecule has 3 aromatic carbocycles. The number of hydrogen-bond donors (Lipinski definition) is 1. The number of carbonyl (C=O) groups is 1. The van der Waals surface area contributed by atoms with E-state index in [1.54, 1.807) is 7.11 Å². The van der Waals surface area contributed by atoms with E-state index >= 15 is 0 Å². The highest BCUT2D eigenvalue weighted by Crippen LogP contribution is 2.25. The van der Waals surface area contributed by atoms with Gasteiger partial charge in [-0.05, 0) is 35.4 Å². The van der Waals surface area contributed by atoms with Crippen LogP contribution in [0.15, 0.2) is 60.7 Å². The van der Waals surface area contributed by atoms with Gasteiger partial charge in [0.2, 0.25) is 0 Å². The summed E-state index contributed by atoms with van der Waals surface area (Å²) in [6.07, 6.45) is 0. The van der Waals surface area contributed by atoms with Crippen LogP contribution >= 0.6 is 11.8 Å². The maximum absolute atomic E-state index is 12.5. The van der Waals surface area contributed by atoms with Crippen LogP contribution < -0.4 is 10.1 Å². The monoisotopic (exact) mass is 365 g/mol. The molecule has 1 amide bonds. The van der Waals surface area contributed by atoms with Gasteiger partial charge in [0.1, 0.15) is 5.75 Å². The maximum Gasteiger partial charge on any atom is 0.255 e. The van der Waals surface area contributed by atoms with Crippen LogP contribution in [0.2, 0.25) is 0 Å². The summed E-state index contributed by atoms with van der Waals surface area (Å²) in [5, 5.41) is 5.09. The van der Waals surface area contributed by atoms with Crippen molar-refractivity contribution in [1.82, 2.24) is 5.32 Å². The molecule has 0 fully saturated rings. The van der Waals surface area contributed by atoms with Gasteiger partial charge < -0.3 is 10.1 Å². The minimum Gasteiger partial charge on any atom is -0.496 e. The molecule has 4 heteroatoms. The third kappa shape index (κ3) is 4.58. The first-order chi connectivity index (χ1) is 12.7. The third-order valence-corrected chi connectivity index (χ3v) is 5.26. The molecule has 0 atom stereocenters. The highest BCUT2D eigenvalue weighted by molar-refractivity contribution is 7.98. The number of hydrogen-bond acceptors (Lipinski definition) is 3. The van der Waals surface area contributed by atoms with Gasteiger partial charge in [0.15, 0.2) is 0 Å². The number of methoxy groups -OCH3 is 1. The summed E-state index contributed by atoms with van der Waals surface area (Å²) in [5.41, 5.74) is 3.16. The molecule has 0 unspecified atom stereocenters. The van der Waals surface area contributed by atoms with Gasteiger partial charge in [0.05, 0.1) is 12.7 Å². The molecule has 0 aliphatic rings. The number of aryl methyl sites for hydroxylation is 1. The van der Waals surface area contributed by atoms with Gasteiger partial charge in [-0.1, -0.05) is 54.1 Å². The summed E-state index contributed by atoms with van der Waals surface area (Å²) in [7, 11) is 1.60. The molecule has 134 valence electrons. The molecule has 0 saturated heterocycles. The minimum atomic E-state index is -0.0939. The number of thioether (sulfide) groups is 1. The first-order valence-electron chi connectivity index (χ1n) is 8.65. The average molecular weight is 365 g/mol. The van der Waals surface area contributed by atoms with Gasteiger partial charge >= 0.3 is 0 Å². The fourth-order valence-electron chi connectivity index (χ4n) is 2.77. The number of nitrogens with one attached hydrogen (secondary N) is 1. The van der Waals surface area contributed by atoms with Crippen molar-refractivity contribution in [3.05, 3.63) is 77.4 Å². The Morgan fingerprint density at radius 2 is 1.73 bits per heavy atom. The van der Waals surface area contributed by atoms with Crippen LogP contribution in [0.1, 0.15) is 21.5 Å². The van der Waals surface area contributed by atoms with E-state index in [0.717, 1.165) is 22.3 Å². The van der Waals surface area contributed by atoms with Crippen LogP contribution in [0, 0.1) is 6.92 Å². The molecule has 3 aromatic rings. The van der Waals surface area contributed by atoms with Crippen LogP contribution in [0.4, 0.5) is 0 Å². The Balaban J connectivity index is 1.54. The predicted octanol–water partition coefficient (Wildman–Crippen LogP) is 4.82. The number of carbonyl (C=O) groups excluding carboxylic acids is 1. The average Bonchev–Trinajstić information content (AvgIpc) is 2.68. The number of fused-ring (bicyclic) bond motifs is 1. The van der Waals surface area contributed by atoms with E-state index in [4.69, 9.17) is 4.74 Å². The van der Waals surface area contributed by atoms with Gasteiger partial charge in [-0.15, -0.1) is 0 Å². The maximum atomic E-state index is 12.5. The van der Waals surface area contributed by atoms with Crippen molar-refractivity contribution in [3.8, 4) is 5.75 Å². The summed E-state index contributed by atoms with van der Waals surface area (Å²) in [5.74, 6) is 2.34. The standard InChI is InChI=1S/C22H23NO2S/c1-16-7-9-17(10-8-16)15-26-12-11-23-22(24)20-13-18-5-3-4-6-19(18)14-21(20)25-2/h3-10,13-14H,11-12,15H2,1-2H3,(H,23,24). The van der Waals surface area contributed by atoms with Crippen molar-refractivity contribution in [3.63, 3.8) is 0 Å². The number of rotatable bonds is 7. The molecular formula is C22H23NO2S. The van der Waals surface area contributed by atoms with Gasteiger partial charge in [-0.2, -0.15) is 11.8 Å². The Kier molecular flexibility index (Phi) is 6.18. The second-order valence-electron chi connectivity index (χ2n) is 6.19. The Morgan fingerprint density at radius 3 is 2.42 bits per heavy atom. The van der Waals surface area contributed by atoms with Crippen LogP contribution in [0.25, 0.3) is 10.8 Å². The second-order valence-corrected chi connectivity index (χ2v) is 7.30. The highest BCUT2D eigenvalue weighted by atomic mass is 32.2. The summed E-state index contributed by atoms with van der Waals surface area (Å²) in [6, 6.07) is 20.3. The highest BCUT2D eigenvalue weighted by Gasteiger charge is 2.13. The summed E-state index contributed by atoms with van der Waals surface area (Å²) in [6.45, 7) is 2.72. The van der Waals surface area contributed by atoms with E-state index in [2.05, 4.69) is 36.5 Å². The Hall–Kier alpha value is -2.46. The van der Waals surface area contributed by atoms with Crippen molar-refractivity contribution in [2.24, 2.45) is 0 Å². The molecular weight excluding hydrogens is 342 g/mol. The van der Waals surface area contributed by atoms with Crippen molar-refractivity contribution in [1.29, 1.82) is 0 Å². The largest absolute Gasteiger partial charge is 0.496 e.